The van der Waals surface area contributed by atoms with Crippen LogP contribution in [0.5, 0.6) is 0 Å². The lowest BCUT2D eigenvalue weighted by Gasteiger charge is -2.16. The van der Waals surface area contributed by atoms with Gasteiger partial charge in [0.2, 0.25) is 0 Å². The molecule has 94 valence electrons. The molecule has 0 saturated carbocycles. The fourth-order valence-electron chi connectivity index (χ4n) is 2.02. The minimum absolute atomic E-state index is 0.102. The first kappa shape index (κ1) is 12.4. The number of hydrogen-bond donors (Lipinski definition) is 1. The van der Waals surface area contributed by atoms with Gasteiger partial charge < -0.3 is 10.1 Å². The van der Waals surface area contributed by atoms with E-state index in [0.29, 0.717) is 5.57 Å². The first-order valence-corrected chi connectivity index (χ1v) is 5.86. The molecule has 0 aromatic heterocycles. The molecular weight excluding hydrogens is 230 g/mol. The van der Waals surface area contributed by atoms with Crippen molar-refractivity contribution in [3.8, 4) is 0 Å². The maximum atomic E-state index is 12.0. The number of esters is 1. The Labute approximate surface area is 106 Å². The van der Waals surface area contributed by atoms with Gasteiger partial charge in [0.1, 0.15) is 6.54 Å². The van der Waals surface area contributed by atoms with Crippen molar-refractivity contribution < 1.29 is 14.3 Å². The van der Waals surface area contributed by atoms with Crippen molar-refractivity contribution in [2.75, 3.05) is 13.7 Å². The van der Waals surface area contributed by atoms with Crippen molar-refractivity contribution in [3.63, 3.8) is 0 Å². The average molecular weight is 245 g/mol. The molecule has 0 radical (unpaired) electrons. The molecule has 0 aliphatic heterocycles. The summed E-state index contributed by atoms with van der Waals surface area (Å²) >= 11 is 0. The highest BCUT2D eigenvalue weighted by Crippen LogP contribution is 2.26. The topological polar surface area (TPSA) is 55.4 Å². The second-order valence-corrected chi connectivity index (χ2v) is 4.07. The SMILES string of the molecule is COC(=O)CNC(=O)C1=CCCc2ccccc21. The van der Waals surface area contributed by atoms with Crippen molar-refractivity contribution in [3.05, 3.63) is 41.5 Å². The molecule has 4 nitrogen and oxygen atoms in total. The Kier molecular flexibility index (Phi) is 3.77. The summed E-state index contributed by atoms with van der Waals surface area (Å²) in [5.74, 6) is -0.680. The molecule has 1 aromatic rings. The molecule has 1 amide bonds. The van der Waals surface area contributed by atoms with E-state index in [9.17, 15) is 9.59 Å². The van der Waals surface area contributed by atoms with Crippen LogP contribution < -0.4 is 5.32 Å². The van der Waals surface area contributed by atoms with E-state index < -0.39 is 5.97 Å². The molecule has 1 aliphatic rings. The third-order valence-electron chi connectivity index (χ3n) is 2.94. The third kappa shape index (κ3) is 2.59. The summed E-state index contributed by atoms with van der Waals surface area (Å²) < 4.78 is 4.48. The summed E-state index contributed by atoms with van der Waals surface area (Å²) in [6.07, 6.45) is 3.71. The lowest BCUT2D eigenvalue weighted by atomic mass is 9.90. The van der Waals surface area contributed by atoms with Crippen LogP contribution in [-0.2, 0) is 20.7 Å². The molecule has 0 spiro atoms. The number of carbonyl (C=O) groups excluding carboxylic acids is 2. The van der Waals surface area contributed by atoms with Gasteiger partial charge in [0.25, 0.3) is 5.91 Å². The number of ether oxygens (including phenoxy) is 1. The highest BCUT2D eigenvalue weighted by atomic mass is 16.5. The predicted molar refractivity (Wildman–Crippen MR) is 67.8 cm³/mol. The molecule has 1 aliphatic carbocycles. The van der Waals surface area contributed by atoms with Gasteiger partial charge >= 0.3 is 5.97 Å². The Morgan fingerprint density at radius 1 is 1.33 bits per heavy atom. The maximum absolute atomic E-state index is 12.0. The molecule has 0 saturated heterocycles. The monoisotopic (exact) mass is 245 g/mol. The Hall–Kier alpha value is -2.10. The number of rotatable bonds is 3. The quantitative estimate of drug-likeness (QED) is 0.817. The number of fused-ring (bicyclic) bond motifs is 1. The fraction of sp³-hybridized carbons (Fsp3) is 0.286. The summed E-state index contributed by atoms with van der Waals surface area (Å²) in [6.45, 7) is -0.102. The number of aryl methyl sites for hydroxylation is 1. The number of allylic oxidation sites excluding steroid dienone is 1. The second kappa shape index (κ2) is 5.49. The molecule has 1 aromatic carbocycles. The van der Waals surface area contributed by atoms with Gasteiger partial charge in [-0.2, -0.15) is 0 Å². The molecule has 1 N–H and O–H groups in total. The van der Waals surface area contributed by atoms with E-state index in [1.54, 1.807) is 0 Å². The fourth-order valence-corrected chi connectivity index (χ4v) is 2.02. The van der Waals surface area contributed by atoms with Crippen molar-refractivity contribution in [2.45, 2.75) is 12.8 Å². The normalized spacial score (nSPS) is 13.3. The minimum Gasteiger partial charge on any atom is -0.468 e. The standard InChI is InChI=1S/C14H15NO3/c1-18-13(16)9-15-14(17)12-8-4-6-10-5-2-3-7-11(10)12/h2-3,5,7-8H,4,6,9H2,1H3,(H,15,17). The number of carbonyl (C=O) groups is 2. The summed E-state index contributed by atoms with van der Waals surface area (Å²) in [5, 5.41) is 2.56. The van der Waals surface area contributed by atoms with Crippen molar-refractivity contribution >= 4 is 17.4 Å². The van der Waals surface area contributed by atoms with Crippen molar-refractivity contribution in [1.82, 2.24) is 5.32 Å². The van der Waals surface area contributed by atoms with Crippen LogP contribution in [0.15, 0.2) is 30.3 Å². The molecule has 18 heavy (non-hydrogen) atoms. The lowest BCUT2D eigenvalue weighted by Crippen LogP contribution is -2.31. The second-order valence-electron chi connectivity index (χ2n) is 4.07. The van der Waals surface area contributed by atoms with Gasteiger partial charge in [-0.1, -0.05) is 30.3 Å². The van der Waals surface area contributed by atoms with Gasteiger partial charge in [-0.25, -0.2) is 0 Å². The largest absolute Gasteiger partial charge is 0.468 e. The molecule has 4 heteroatoms. The number of hydrogen-bond acceptors (Lipinski definition) is 3. The number of nitrogens with one attached hydrogen (secondary N) is 1. The Bertz CT molecular complexity index is 506. The summed E-state index contributed by atoms with van der Waals surface area (Å²) in [5.41, 5.74) is 2.76. The Balaban J connectivity index is 2.11. The molecule has 2 rings (SSSR count). The Morgan fingerprint density at radius 3 is 2.89 bits per heavy atom. The highest BCUT2D eigenvalue weighted by Gasteiger charge is 2.18. The third-order valence-corrected chi connectivity index (χ3v) is 2.94. The zero-order chi connectivity index (χ0) is 13.0. The first-order valence-electron chi connectivity index (χ1n) is 5.86. The van der Waals surface area contributed by atoms with E-state index >= 15 is 0 Å². The van der Waals surface area contributed by atoms with Gasteiger partial charge in [-0.05, 0) is 24.0 Å². The van der Waals surface area contributed by atoms with E-state index in [4.69, 9.17) is 0 Å². The van der Waals surface area contributed by atoms with E-state index in [2.05, 4.69) is 10.1 Å². The van der Waals surface area contributed by atoms with E-state index in [1.807, 2.05) is 30.3 Å². The van der Waals surface area contributed by atoms with Gasteiger partial charge in [-0.15, -0.1) is 0 Å². The van der Waals surface area contributed by atoms with Crippen molar-refractivity contribution in [1.29, 1.82) is 0 Å². The van der Waals surface area contributed by atoms with E-state index in [1.165, 1.54) is 12.7 Å². The zero-order valence-electron chi connectivity index (χ0n) is 10.2. The summed E-state index contributed by atoms with van der Waals surface area (Å²) in [6, 6.07) is 7.83. The maximum Gasteiger partial charge on any atom is 0.325 e. The smallest absolute Gasteiger partial charge is 0.325 e. The summed E-state index contributed by atoms with van der Waals surface area (Å²) in [7, 11) is 1.30. The van der Waals surface area contributed by atoms with Crippen LogP contribution in [0.4, 0.5) is 0 Å². The van der Waals surface area contributed by atoms with Crippen LogP contribution >= 0.6 is 0 Å². The molecule has 0 fully saturated rings. The van der Waals surface area contributed by atoms with Crippen LogP contribution in [-0.4, -0.2) is 25.5 Å². The van der Waals surface area contributed by atoms with E-state index in [-0.39, 0.29) is 12.5 Å². The molecule has 0 atom stereocenters. The number of amides is 1. The van der Waals surface area contributed by atoms with Gasteiger partial charge in [0, 0.05) is 5.57 Å². The number of methoxy groups -OCH3 is 1. The van der Waals surface area contributed by atoms with Gasteiger partial charge in [-0.3, -0.25) is 9.59 Å². The number of benzene rings is 1. The lowest BCUT2D eigenvalue weighted by molar-refractivity contribution is -0.140. The Morgan fingerprint density at radius 2 is 2.11 bits per heavy atom. The van der Waals surface area contributed by atoms with Crippen LogP contribution in [0.3, 0.4) is 0 Å². The zero-order valence-corrected chi connectivity index (χ0v) is 10.2. The molecular formula is C14H15NO3. The van der Waals surface area contributed by atoms with Crippen molar-refractivity contribution in [2.24, 2.45) is 0 Å². The van der Waals surface area contributed by atoms with Gasteiger partial charge in [0.05, 0.1) is 7.11 Å². The van der Waals surface area contributed by atoms with Crippen LogP contribution in [0.25, 0.3) is 5.57 Å². The highest BCUT2D eigenvalue weighted by molar-refractivity contribution is 6.20. The first-order chi connectivity index (χ1) is 8.72. The van der Waals surface area contributed by atoms with Crippen LogP contribution in [0, 0.1) is 0 Å². The molecule has 0 heterocycles. The molecule has 0 bridgehead atoms. The van der Waals surface area contributed by atoms with Gasteiger partial charge in [0.15, 0.2) is 0 Å². The van der Waals surface area contributed by atoms with Crippen LogP contribution in [0.2, 0.25) is 0 Å². The summed E-state index contributed by atoms with van der Waals surface area (Å²) in [4.78, 5) is 23.0. The van der Waals surface area contributed by atoms with Crippen LogP contribution in [0.1, 0.15) is 17.5 Å². The minimum atomic E-state index is -0.451. The average Bonchev–Trinajstić information content (AvgIpc) is 2.43. The van der Waals surface area contributed by atoms with E-state index in [0.717, 1.165) is 18.4 Å². The molecule has 0 unspecified atom stereocenters. The predicted octanol–water partition coefficient (Wildman–Crippen LogP) is 1.31.